The van der Waals surface area contributed by atoms with Crippen molar-refractivity contribution in [2.75, 3.05) is 47.5 Å². The molecule has 41 heavy (non-hydrogen) atoms. The number of benzene rings is 2. The highest BCUT2D eigenvalue weighted by atomic mass is 16.5. The molecule has 2 heterocycles. The minimum atomic E-state index is -0.875. The Bertz CT molecular complexity index is 1400. The van der Waals surface area contributed by atoms with E-state index in [0.717, 1.165) is 25.3 Å². The van der Waals surface area contributed by atoms with Gasteiger partial charge in [0.1, 0.15) is 5.76 Å². The molecule has 0 bridgehead atoms. The molecule has 0 spiro atoms. The largest absolute Gasteiger partial charge is 0.507 e. The van der Waals surface area contributed by atoms with Crippen molar-refractivity contribution in [1.82, 2.24) is 19.6 Å². The first-order valence-corrected chi connectivity index (χ1v) is 13.7. The molecule has 1 atom stereocenters. The van der Waals surface area contributed by atoms with Crippen molar-refractivity contribution in [2.45, 2.75) is 33.2 Å². The number of carbonyl (C=O) groups excluding carboxylic acids is 2. The van der Waals surface area contributed by atoms with Crippen LogP contribution in [-0.2, 0) is 9.59 Å². The topological polar surface area (TPSA) is 106 Å². The summed E-state index contributed by atoms with van der Waals surface area (Å²) < 4.78 is 18.3. The van der Waals surface area contributed by atoms with E-state index in [1.165, 1.54) is 32.4 Å². The van der Waals surface area contributed by atoms with Crippen molar-refractivity contribution in [1.29, 1.82) is 0 Å². The molecule has 0 radical (unpaired) electrons. The molecule has 0 saturated carbocycles. The van der Waals surface area contributed by atoms with Gasteiger partial charge in [-0.05, 0) is 62.8 Å². The molecule has 1 saturated heterocycles. The van der Waals surface area contributed by atoms with Gasteiger partial charge in [0.25, 0.3) is 11.7 Å². The summed E-state index contributed by atoms with van der Waals surface area (Å²) in [5.41, 5.74) is 2.35. The van der Waals surface area contributed by atoms with E-state index >= 15 is 0 Å². The van der Waals surface area contributed by atoms with Crippen LogP contribution in [0.2, 0.25) is 0 Å². The van der Waals surface area contributed by atoms with Crippen LogP contribution in [0.15, 0.2) is 54.2 Å². The van der Waals surface area contributed by atoms with Crippen molar-refractivity contribution in [3.05, 3.63) is 71.1 Å². The number of hydrogen-bond donors (Lipinski definition) is 1. The number of carbonyl (C=O) groups is 2. The second-order valence-electron chi connectivity index (χ2n) is 9.72. The molecule has 3 aromatic rings. The number of nitrogens with zero attached hydrogens (tertiary/aromatic N) is 4. The molecule has 218 valence electrons. The van der Waals surface area contributed by atoms with Crippen LogP contribution in [0.5, 0.6) is 17.2 Å². The first kappa shape index (κ1) is 29.7. The van der Waals surface area contributed by atoms with E-state index < -0.39 is 17.7 Å². The molecule has 2 aromatic carbocycles. The predicted molar refractivity (Wildman–Crippen MR) is 156 cm³/mol. The molecule has 0 aliphatic carbocycles. The van der Waals surface area contributed by atoms with Crippen molar-refractivity contribution in [3.63, 3.8) is 0 Å². The number of aliphatic hydroxyl groups excluding tert-OH is 1. The van der Waals surface area contributed by atoms with E-state index in [-0.39, 0.29) is 11.3 Å². The lowest BCUT2D eigenvalue weighted by Crippen LogP contribution is -2.33. The molecule has 1 fully saturated rings. The zero-order chi connectivity index (χ0) is 29.7. The molecule has 1 aliphatic rings. The van der Waals surface area contributed by atoms with Crippen LogP contribution in [-0.4, -0.2) is 83.9 Å². The van der Waals surface area contributed by atoms with E-state index in [2.05, 4.69) is 23.8 Å². The average Bonchev–Trinajstić information content (AvgIpc) is 3.51. The second-order valence-corrected chi connectivity index (χ2v) is 9.72. The molecule has 1 amide bonds. The van der Waals surface area contributed by atoms with Crippen LogP contribution >= 0.6 is 0 Å². The summed E-state index contributed by atoms with van der Waals surface area (Å²) >= 11 is 0. The van der Waals surface area contributed by atoms with Crippen LogP contribution in [0.25, 0.3) is 11.4 Å². The quantitative estimate of drug-likeness (QED) is 0.197. The lowest BCUT2D eigenvalue weighted by Gasteiger charge is -2.27. The number of aromatic nitrogens is 2. The minimum Gasteiger partial charge on any atom is -0.507 e. The zero-order valence-electron chi connectivity index (χ0n) is 24.5. The van der Waals surface area contributed by atoms with Crippen LogP contribution < -0.4 is 14.2 Å². The van der Waals surface area contributed by atoms with Crippen LogP contribution in [0, 0.1) is 6.92 Å². The molecule has 10 heteroatoms. The number of ether oxygens (including phenoxy) is 3. The molecule has 1 aromatic heterocycles. The third kappa shape index (κ3) is 5.65. The standard InChI is InChI=1S/C31H38N4O6/c1-7-33(8-2)15-12-16-34-27(21-17-24(39-4)30(41-6)25(18-21)40-5)26(29(37)31(34)38)28(36)23-19-32-35(20(23)3)22-13-10-9-11-14-22/h9-11,13-14,17-19,27,36H,7-8,12,15-16H2,1-6H3. The van der Waals surface area contributed by atoms with Gasteiger partial charge >= 0.3 is 0 Å². The summed E-state index contributed by atoms with van der Waals surface area (Å²) in [4.78, 5) is 30.9. The fraction of sp³-hybridized carbons (Fsp3) is 0.387. The summed E-state index contributed by atoms with van der Waals surface area (Å²) in [5, 5.41) is 16.1. The van der Waals surface area contributed by atoms with Crippen molar-refractivity contribution < 1.29 is 28.9 Å². The Morgan fingerprint density at radius 3 is 2.20 bits per heavy atom. The smallest absolute Gasteiger partial charge is 0.295 e. The summed E-state index contributed by atoms with van der Waals surface area (Å²) in [6, 6.07) is 12.0. The fourth-order valence-electron chi connectivity index (χ4n) is 5.34. The van der Waals surface area contributed by atoms with Gasteiger partial charge in [0.05, 0.1) is 56.1 Å². The maximum atomic E-state index is 13.6. The SMILES string of the molecule is CCN(CC)CCCN1C(=O)C(=O)C(=C(O)c2cnn(-c3ccccc3)c2C)C1c1cc(OC)c(OC)c(OC)c1. The highest BCUT2D eigenvalue weighted by Gasteiger charge is 2.46. The Kier molecular flexibility index (Phi) is 9.34. The first-order chi connectivity index (χ1) is 19.8. The molecular formula is C31H38N4O6. The van der Waals surface area contributed by atoms with Crippen LogP contribution in [0.1, 0.15) is 43.1 Å². The van der Waals surface area contributed by atoms with Gasteiger partial charge in [-0.1, -0.05) is 32.0 Å². The third-order valence-electron chi connectivity index (χ3n) is 7.58. The van der Waals surface area contributed by atoms with Gasteiger partial charge in [-0.2, -0.15) is 5.10 Å². The van der Waals surface area contributed by atoms with Crippen molar-refractivity contribution >= 4 is 17.4 Å². The number of Topliss-reactive ketones (excluding diaryl/α,β-unsaturated/α-hetero) is 1. The number of amides is 1. The molecule has 1 aliphatic heterocycles. The molecular weight excluding hydrogens is 524 g/mol. The normalized spacial score (nSPS) is 16.5. The highest BCUT2D eigenvalue weighted by molar-refractivity contribution is 6.46. The summed E-state index contributed by atoms with van der Waals surface area (Å²) in [6.45, 7) is 8.84. The molecule has 4 rings (SSSR count). The Morgan fingerprint density at radius 1 is 1.00 bits per heavy atom. The summed E-state index contributed by atoms with van der Waals surface area (Å²) in [6.07, 6.45) is 2.17. The zero-order valence-corrected chi connectivity index (χ0v) is 24.5. The maximum Gasteiger partial charge on any atom is 0.295 e. The highest BCUT2D eigenvalue weighted by Crippen LogP contribution is 2.46. The lowest BCUT2D eigenvalue weighted by molar-refractivity contribution is -0.140. The van der Waals surface area contributed by atoms with E-state index in [4.69, 9.17) is 14.2 Å². The Labute approximate surface area is 240 Å². The maximum absolute atomic E-state index is 13.6. The summed E-state index contributed by atoms with van der Waals surface area (Å²) in [5.74, 6) is -0.563. The number of methoxy groups -OCH3 is 3. The number of hydrogen-bond acceptors (Lipinski definition) is 8. The average molecular weight is 563 g/mol. The predicted octanol–water partition coefficient (Wildman–Crippen LogP) is 4.36. The van der Waals surface area contributed by atoms with Gasteiger partial charge in [0, 0.05) is 6.54 Å². The lowest BCUT2D eigenvalue weighted by atomic mass is 9.94. The number of rotatable bonds is 12. The van der Waals surface area contributed by atoms with E-state index in [1.807, 2.05) is 37.3 Å². The van der Waals surface area contributed by atoms with Gasteiger partial charge in [0.2, 0.25) is 5.75 Å². The summed E-state index contributed by atoms with van der Waals surface area (Å²) in [7, 11) is 4.51. The van der Waals surface area contributed by atoms with E-state index in [9.17, 15) is 14.7 Å². The minimum absolute atomic E-state index is 0.0113. The van der Waals surface area contributed by atoms with Gasteiger partial charge < -0.3 is 29.1 Å². The fourth-order valence-corrected chi connectivity index (χ4v) is 5.34. The van der Waals surface area contributed by atoms with Crippen molar-refractivity contribution in [2.24, 2.45) is 0 Å². The molecule has 1 N–H and O–H groups in total. The van der Waals surface area contributed by atoms with Gasteiger partial charge in [-0.3, -0.25) is 9.59 Å². The Balaban J connectivity index is 1.86. The molecule has 1 unspecified atom stereocenters. The van der Waals surface area contributed by atoms with E-state index in [0.29, 0.717) is 47.0 Å². The van der Waals surface area contributed by atoms with Crippen LogP contribution in [0.4, 0.5) is 0 Å². The Morgan fingerprint density at radius 2 is 1.63 bits per heavy atom. The monoisotopic (exact) mass is 562 g/mol. The van der Waals surface area contributed by atoms with Crippen molar-refractivity contribution in [3.8, 4) is 22.9 Å². The first-order valence-electron chi connectivity index (χ1n) is 13.7. The van der Waals surface area contributed by atoms with Gasteiger partial charge in [-0.15, -0.1) is 0 Å². The number of para-hydroxylation sites is 1. The molecule has 10 nitrogen and oxygen atoms in total. The third-order valence-corrected chi connectivity index (χ3v) is 7.58. The number of ketones is 1. The second kappa shape index (κ2) is 12.9. The van der Waals surface area contributed by atoms with Gasteiger partial charge in [-0.25, -0.2) is 4.68 Å². The number of likely N-dealkylation sites (tertiary alicyclic amines) is 1. The van der Waals surface area contributed by atoms with Crippen LogP contribution in [0.3, 0.4) is 0 Å². The van der Waals surface area contributed by atoms with E-state index in [1.54, 1.807) is 16.8 Å². The number of aliphatic hydroxyl groups is 1. The van der Waals surface area contributed by atoms with Gasteiger partial charge in [0.15, 0.2) is 11.5 Å². The Hall–Kier alpha value is -4.31.